The number of isothiocyanates is 1. The van der Waals surface area contributed by atoms with E-state index in [0.717, 1.165) is 0 Å². The molecule has 0 spiro atoms. The van der Waals surface area contributed by atoms with Crippen LogP contribution in [0.4, 0.5) is 0 Å². The van der Waals surface area contributed by atoms with Gasteiger partial charge in [0.2, 0.25) is 0 Å². The van der Waals surface area contributed by atoms with Gasteiger partial charge in [0.1, 0.15) is 5.16 Å². The van der Waals surface area contributed by atoms with Crippen molar-refractivity contribution in [3.05, 3.63) is 0 Å². The van der Waals surface area contributed by atoms with Gasteiger partial charge in [-0.05, 0) is 17.4 Å². The SMILES string of the molecule is O=CON=C=S. The Bertz CT molecular complexity index is 85.5. The quantitative estimate of drug-likeness (QED) is 0.164. The maximum atomic E-state index is 9.16. The molecule has 32 valence electrons. The Morgan fingerprint density at radius 2 is 2.67 bits per heavy atom. The van der Waals surface area contributed by atoms with Crippen LogP contribution in [0.5, 0.6) is 0 Å². The van der Waals surface area contributed by atoms with Crippen LogP contribution in [0, 0.1) is 0 Å². The van der Waals surface area contributed by atoms with E-state index < -0.39 is 0 Å². The maximum absolute atomic E-state index is 9.16. The highest BCUT2D eigenvalue weighted by atomic mass is 32.1. The van der Waals surface area contributed by atoms with Crippen LogP contribution < -0.4 is 0 Å². The van der Waals surface area contributed by atoms with Gasteiger partial charge in [0.25, 0.3) is 0 Å². The van der Waals surface area contributed by atoms with E-state index in [2.05, 4.69) is 22.2 Å². The smallest absolute Gasteiger partial charge is 0.312 e. The largest absolute Gasteiger partial charge is 0.324 e. The Balaban J connectivity index is 3.07. The number of carbonyl (C=O) groups is 1. The van der Waals surface area contributed by atoms with Crippen LogP contribution in [0.2, 0.25) is 0 Å². The second-order valence-electron chi connectivity index (χ2n) is 0.384. The number of hydrogen-bond acceptors (Lipinski definition) is 4. The summed E-state index contributed by atoms with van der Waals surface area (Å²) in [7, 11) is 0. The summed E-state index contributed by atoms with van der Waals surface area (Å²) in [5.41, 5.74) is 0. The van der Waals surface area contributed by atoms with Gasteiger partial charge in [-0.3, -0.25) is 4.79 Å². The number of nitrogens with zero attached hydrogens (tertiary/aromatic N) is 1. The lowest BCUT2D eigenvalue weighted by molar-refractivity contribution is -0.128. The van der Waals surface area contributed by atoms with Crippen molar-refractivity contribution in [1.82, 2.24) is 0 Å². The van der Waals surface area contributed by atoms with Crippen molar-refractivity contribution in [2.24, 2.45) is 5.16 Å². The average molecular weight is 103 g/mol. The minimum atomic E-state index is 0.166. The van der Waals surface area contributed by atoms with Crippen LogP contribution >= 0.6 is 12.2 Å². The van der Waals surface area contributed by atoms with Crippen LogP contribution in [0.3, 0.4) is 0 Å². The van der Waals surface area contributed by atoms with E-state index >= 15 is 0 Å². The first kappa shape index (κ1) is 5.27. The van der Waals surface area contributed by atoms with Gasteiger partial charge in [0, 0.05) is 0 Å². The predicted molar refractivity (Wildman–Crippen MR) is 22.2 cm³/mol. The molecule has 0 aromatic heterocycles. The van der Waals surface area contributed by atoms with Crippen molar-refractivity contribution in [2.75, 3.05) is 0 Å². The highest BCUT2D eigenvalue weighted by Crippen LogP contribution is 1.57. The zero-order valence-electron chi connectivity index (χ0n) is 2.75. The molecule has 0 heterocycles. The summed E-state index contributed by atoms with van der Waals surface area (Å²) >= 11 is 4.02. The van der Waals surface area contributed by atoms with Gasteiger partial charge < -0.3 is 4.84 Å². The normalized spacial score (nSPS) is 5.33. The molecule has 4 heteroatoms. The Hall–Kier alpha value is -0.730. The van der Waals surface area contributed by atoms with E-state index in [1.54, 1.807) is 0 Å². The monoisotopic (exact) mass is 103 g/mol. The van der Waals surface area contributed by atoms with E-state index in [9.17, 15) is 0 Å². The fourth-order valence-corrected chi connectivity index (χ4v) is 0.0861. The molecule has 0 aliphatic heterocycles. The van der Waals surface area contributed by atoms with Crippen LogP contribution in [-0.4, -0.2) is 11.6 Å². The molecule has 0 rings (SSSR count). The second-order valence-corrected chi connectivity index (χ2v) is 0.567. The van der Waals surface area contributed by atoms with E-state index in [1.807, 2.05) is 5.16 Å². The number of thiocarbonyl (C=S) groups is 1. The molecule has 0 bridgehead atoms. The number of hydrogen-bond donors (Lipinski definition) is 0. The topological polar surface area (TPSA) is 38.7 Å². The van der Waals surface area contributed by atoms with E-state index in [4.69, 9.17) is 4.79 Å². The van der Waals surface area contributed by atoms with Gasteiger partial charge in [-0.2, -0.15) is 0 Å². The highest BCUT2D eigenvalue weighted by Gasteiger charge is 1.58. The molecule has 0 amide bonds. The van der Waals surface area contributed by atoms with Crippen LogP contribution in [-0.2, 0) is 9.63 Å². The molecule has 0 aromatic carbocycles. The first-order valence-electron chi connectivity index (χ1n) is 1.08. The average Bonchev–Trinajstić information content (AvgIpc) is 1.61. The van der Waals surface area contributed by atoms with Crippen molar-refractivity contribution < 1.29 is 9.63 Å². The van der Waals surface area contributed by atoms with Crippen LogP contribution in [0.15, 0.2) is 5.16 Å². The minimum Gasteiger partial charge on any atom is -0.312 e. The molecule has 0 unspecified atom stereocenters. The third-order valence-corrected chi connectivity index (χ3v) is 0.208. The molecular weight excluding hydrogens is 102 g/mol. The second kappa shape index (κ2) is 4.27. The summed E-state index contributed by atoms with van der Waals surface area (Å²) in [6.07, 6.45) is 0. The molecule has 0 aliphatic carbocycles. The Morgan fingerprint density at radius 3 is 2.83 bits per heavy atom. The lowest BCUT2D eigenvalue weighted by Gasteiger charge is -1.68. The predicted octanol–water partition coefficient (Wildman–Crippen LogP) is 0.177. The molecule has 0 saturated heterocycles. The van der Waals surface area contributed by atoms with Gasteiger partial charge >= 0.3 is 6.47 Å². The van der Waals surface area contributed by atoms with Crippen LogP contribution in [0.1, 0.15) is 0 Å². The van der Waals surface area contributed by atoms with Gasteiger partial charge in [0.15, 0.2) is 0 Å². The van der Waals surface area contributed by atoms with Gasteiger partial charge in [-0.25, -0.2) is 0 Å². The molecular formula is C2HNO2S. The maximum Gasteiger partial charge on any atom is 0.324 e. The summed E-state index contributed by atoms with van der Waals surface area (Å²) in [6.45, 7) is 0.166. The molecule has 0 saturated carbocycles. The molecule has 0 aliphatic rings. The van der Waals surface area contributed by atoms with Gasteiger partial charge in [-0.15, -0.1) is 0 Å². The molecule has 0 atom stereocenters. The van der Waals surface area contributed by atoms with E-state index in [1.165, 1.54) is 0 Å². The third kappa shape index (κ3) is 3.27. The highest BCUT2D eigenvalue weighted by molar-refractivity contribution is 7.78. The third-order valence-electron chi connectivity index (χ3n) is 0.133. The standard InChI is InChI=1S/C2HNO2S/c4-2-5-3-1-6/h2H. The lowest BCUT2D eigenvalue weighted by Crippen LogP contribution is -1.68. The van der Waals surface area contributed by atoms with Crippen molar-refractivity contribution in [2.45, 2.75) is 0 Å². The van der Waals surface area contributed by atoms with E-state index in [-0.39, 0.29) is 6.47 Å². The van der Waals surface area contributed by atoms with E-state index in [0.29, 0.717) is 0 Å². The first-order valence-corrected chi connectivity index (χ1v) is 1.49. The van der Waals surface area contributed by atoms with Crippen LogP contribution in [0.25, 0.3) is 0 Å². The van der Waals surface area contributed by atoms with Crippen molar-refractivity contribution in [1.29, 1.82) is 0 Å². The summed E-state index contributed by atoms with van der Waals surface area (Å²) in [5.74, 6) is 0. The minimum absolute atomic E-state index is 0.166. The lowest BCUT2D eigenvalue weighted by atomic mass is 11.6. The number of rotatable bonds is 2. The molecule has 6 heavy (non-hydrogen) atoms. The molecule has 3 nitrogen and oxygen atoms in total. The number of carbonyl (C=O) groups excluding carboxylic acids is 1. The Morgan fingerprint density at radius 1 is 2.00 bits per heavy atom. The molecule has 0 radical (unpaired) electrons. The Kier molecular flexibility index (Phi) is 3.75. The fourth-order valence-electron chi connectivity index (χ4n) is 0.0430. The van der Waals surface area contributed by atoms with Gasteiger partial charge in [0.05, 0.1) is 0 Å². The summed E-state index contributed by atoms with van der Waals surface area (Å²) in [5, 5.41) is 4.61. The molecule has 0 fully saturated rings. The first-order chi connectivity index (χ1) is 2.91. The zero-order chi connectivity index (χ0) is 4.83. The van der Waals surface area contributed by atoms with Crippen molar-refractivity contribution in [3.63, 3.8) is 0 Å². The molecule has 0 aromatic rings. The van der Waals surface area contributed by atoms with Crippen molar-refractivity contribution >= 4 is 23.9 Å². The summed E-state index contributed by atoms with van der Waals surface area (Å²) in [4.78, 5) is 12.9. The molecule has 0 N–H and O–H groups in total. The van der Waals surface area contributed by atoms with Gasteiger partial charge in [-0.1, -0.05) is 0 Å². The Labute approximate surface area is 39.6 Å². The summed E-state index contributed by atoms with van der Waals surface area (Å²) in [6, 6.07) is 0. The fraction of sp³-hybridized carbons (Fsp3) is 0. The zero-order valence-corrected chi connectivity index (χ0v) is 3.57. The summed E-state index contributed by atoms with van der Waals surface area (Å²) < 4.78 is 0. The van der Waals surface area contributed by atoms with Crippen molar-refractivity contribution in [3.8, 4) is 0 Å².